The molecular formula is C15H9BrClNO3. The second-order valence-corrected chi connectivity index (χ2v) is 5.60. The minimum Gasteiger partial charge on any atom is -0.487 e. The van der Waals surface area contributed by atoms with Crippen LogP contribution in [0.3, 0.4) is 0 Å². The molecule has 0 spiro atoms. The molecule has 4 nitrogen and oxygen atoms in total. The SMILES string of the molecule is N#Cc1ccc(OCc2cc3c(cc2Br)OCO3)c(Cl)c1. The average molecular weight is 367 g/mol. The van der Waals surface area contributed by atoms with Gasteiger partial charge in [-0.3, -0.25) is 0 Å². The molecule has 2 aromatic rings. The predicted molar refractivity (Wildman–Crippen MR) is 80.8 cm³/mol. The van der Waals surface area contributed by atoms with Crippen molar-refractivity contribution in [2.24, 2.45) is 0 Å². The quantitative estimate of drug-likeness (QED) is 0.813. The maximum absolute atomic E-state index is 8.81. The van der Waals surface area contributed by atoms with Crippen LogP contribution in [0.25, 0.3) is 0 Å². The van der Waals surface area contributed by atoms with Crippen LogP contribution >= 0.6 is 27.5 Å². The second kappa shape index (κ2) is 5.84. The summed E-state index contributed by atoms with van der Waals surface area (Å²) in [4.78, 5) is 0. The Morgan fingerprint density at radius 2 is 2.00 bits per heavy atom. The van der Waals surface area contributed by atoms with Gasteiger partial charge in [0.25, 0.3) is 0 Å². The van der Waals surface area contributed by atoms with Crippen LogP contribution in [-0.2, 0) is 6.61 Å². The van der Waals surface area contributed by atoms with E-state index in [1.54, 1.807) is 18.2 Å². The van der Waals surface area contributed by atoms with Gasteiger partial charge in [-0.25, -0.2) is 0 Å². The summed E-state index contributed by atoms with van der Waals surface area (Å²) >= 11 is 9.55. The number of nitriles is 1. The maximum Gasteiger partial charge on any atom is 0.231 e. The van der Waals surface area contributed by atoms with Crippen molar-refractivity contribution in [1.82, 2.24) is 0 Å². The van der Waals surface area contributed by atoms with Crippen molar-refractivity contribution in [2.75, 3.05) is 6.79 Å². The number of halogens is 2. The summed E-state index contributed by atoms with van der Waals surface area (Å²) in [6, 6.07) is 10.7. The van der Waals surface area contributed by atoms with E-state index < -0.39 is 0 Å². The predicted octanol–water partition coefficient (Wildman–Crippen LogP) is 4.28. The lowest BCUT2D eigenvalue weighted by atomic mass is 10.2. The minimum absolute atomic E-state index is 0.230. The number of rotatable bonds is 3. The first-order chi connectivity index (χ1) is 10.2. The highest BCUT2D eigenvalue weighted by Crippen LogP contribution is 2.37. The van der Waals surface area contributed by atoms with Crippen molar-refractivity contribution < 1.29 is 14.2 Å². The van der Waals surface area contributed by atoms with Crippen molar-refractivity contribution in [3.8, 4) is 23.3 Å². The molecule has 0 N–H and O–H groups in total. The average Bonchev–Trinajstić information content (AvgIpc) is 2.92. The Labute approximate surface area is 134 Å². The largest absolute Gasteiger partial charge is 0.487 e. The van der Waals surface area contributed by atoms with E-state index in [-0.39, 0.29) is 6.79 Å². The third kappa shape index (κ3) is 2.92. The van der Waals surface area contributed by atoms with Gasteiger partial charge in [0.05, 0.1) is 16.7 Å². The van der Waals surface area contributed by atoms with E-state index in [1.807, 2.05) is 18.2 Å². The zero-order chi connectivity index (χ0) is 14.8. The molecule has 0 atom stereocenters. The maximum atomic E-state index is 8.81. The Balaban J connectivity index is 1.78. The highest BCUT2D eigenvalue weighted by atomic mass is 79.9. The normalized spacial score (nSPS) is 12.0. The number of hydrogen-bond acceptors (Lipinski definition) is 4. The van der Waals surface area contributed by atoms with Crippen molar-refractivity contribution in [1.29, 1.82) is 5.26 Å². The number of ether oxygens (including phenoxy) is 3. The number of hydrogen-bond donors (Lipinski definition) is 0. The molecule has 0 saturated carbocycles. The van der Waals surface area contributed by atoms with Crippen molar-refractivity contribution in [2.45, 2.75) is 6.61 Å². The summed E-state index contributed by atoms with van der Waals surface area (Å²) < 4.78 is 17.2. The fourth-order valence-electron chi connectivity index (χ4n) is 1.91. The highest BCUT2D eigenvalue weighted by Gasteiger charge is 2.16. The Bertz CT molecular complexity index is 742. The number of nitrogens with zero attached hydrogens (tertiary/aromatic N) is 1. The van der Waals surface area contributed by atoms with Gasteiger partial charge in [0, 0.05) is 10.0 Å². The molecule has 2 aromatic carbocycles. The Kier molecular flexibility index (Phi) is 3.91. The van der Waals surface area contributed by atoms with Crippen LogP contribution in [0.15, 0.2) is 34.8 Å². The van der Waals surface area contributed by atoms with E-state index in [1.165, 1.54) is 0 Å². The Hall–Kier alpha value is -1.90. The molecule has 0 unspecified atom stereocenters. The molecule has 6 heteroatoms. The first-order valence-electron chi connectivity index (χ1n) is 6.08. The standard InChI is InChI=1S/C15H9BrClNO3/c16-11-5-15-14(20-8-21-15)4-10(11)7-19-13-2-1-9(6-18)3-12(13)17/h1-5H,7-8H2. The van der Waals surface area contributed by atoms with E-state index in [2.05, 4.69) is 15.9 Å². The number of fused-ring (bicyclic) bond motifs is 1. The van der Waals surface area contributed by atoms with Gasteiger partial charge in [-0.15, -0.1) is 0 Å². The monoisotopic (exact) mass is 365 g/mol. The fourth-order valence-corrected chi connectivity index (χ4v) is 2.58. The summed E-state index contributed by atoms with van der Waals surface area (Å²) in [6.45, 7) is 0.552. The van der Waals surface area contributed by atoms with Crippen LogP contribution in [0.5, 0.6) is 17.2 Å². The lowest BCUT2D eigenvalue weighted by molar-refractivity contribution is 0.174. The molecule has 3 rings (SSSR count). The molecule has 0 aliphatic carbocycles. The summed E-state index contributed by atoms with van der Waals surface area (Å²) in [6.07, 6.45) is 0. The molecular weight excluding hydrogens is 358 g/mol. The molecule has 21 heavy (non-hydrogen) atoms. The van der Waals surface area contributed by atoms with Gasteiger partial charge < -0.3 is 14.2 Å². The molecule has 1 aliphatic rings. The second-order valence-electron chi connectivity index (χ2n) is 4.34. The Morgan fingerprint density at radius 1 is 1.24 bits per heavy atom. The van der Waals surface area contributed by atoms with Gasteiger partial charge in [-0.2, -0.15) is 5.26 Å². The van der Waals surface area contributed by atoms with E-state index in [0.29, 0.717) is 34.4 Å². The third-order valence-electron chi connectivity index (χ3n) is 2.99. The zero-order valence-corrected chi connectivity index (χ0v) is 13.1. The van der Waals surface area contributed by atoms with Crippen LogP contribution in [0.4, 0.5) is 0 Å². The molecule has 1 aliphatic heterocycles. The van der Waals surface area contributed by atoms with Crippen LogP contribution in [0.2, 0.25) is 5.02 Å². The molecule has 0 saturated heterocycles. The van der Waals surface area contributed by atoms with Crippen LogP contribution < -0.4 is 14.2 Å². The highest BCUT2D eigenvalue weighted by molar-refractivity contribution is 9.10. The molecule has 1 heterocycles. The molecule has 0 fully saturated rings. The smallest absolute Gasteiger partial charge is 0.231 e. The lowest BCUT2D eigenvalue weighted by Gasteiger charge is -2.10. The first kappa shape index (κ1) is 14.1. The van der Waals surface area contributed by atoms with E-state index in [4.69, 9.17) is 31.1 Å². The van der Waals surface area contributed by atoms with Gasteiger partial charge in [0.1, 0.15) is 12.4 Å². The summed E-state index contributed by atoms with van der Waals surface area (Å²) in [5, 5.41) is 9.21. The topological polar surface area (TPSA) is 51.5 Å². The van der Waals surface area contributed by atoms with Gasteiger partial charge in [-0.05, 0) is 30.3 Å². The van der Waals surface area contributed by atoms with E-state index >= 15 is 0 Å². The lowest BCUT2D eigenvalue weighted by Crippen LogP contribution is -1.97. The van der Waals surface area contributed by atoms with E-state index in [0.717, 1.165) is 10.0 Å². The molecule has 0 aromatic heterocycles. The summed E-state index contributed by atoms with van der Waals surface area (Å²) in [5.41, 5.74) is 1.41. The third-order valence-corrected chi connectivity index (χ3v) is 4.02. The van der Waals surface area contributed by atoms with Gasteiger partial charge in [0.15, 0.2) is 11.5 Å². The first-order valence-corrected chi connectivity index (χ1v) is 7.25. The Morgan fingerprint density at radius 3 is 2.71 bits per heavy atom. The minimum atomic E-state index is 0.230. The van der Waals surface area contributed by atoms with Crippen molar-refractivity contribution in [3.05, 3.63) is 51.0 Å². The fraction of sp³-hybridized carbons (Fsp3) is 0.133. The molecule has 0 radical (unpaired) electrons. The van der Waals surface area contributed by atoms with Gasteiger partial charge >= 0.3 is 0 Å². The van der Waals surface area contributed by atoms with Gasteiger partial charge in [-0.1, -0.05) is 27.5 Å². The zero-order valence-electron chi connectivity index (χ0n) is 10.7. The van der Waals surface area contributed by atoms with Crippen molar-refractivity contribution in [3.63, 3.8) is 0 Å². The van der Waals surface area contributed by atoms with Crippen LogP contribution in [0.1, 0.15) is 11.1 Å². The van der Waals surface area contributed by atoms with Gasteiger partial charge in [0.2, 0.25) is 6.79 Å². The molecule has 106 valence electrons. The van der Waals surface area contributed by atoms with Crippen LogP contribution in [-0.4, -0.2) is 6.79 Å². The van der Waals surface area contributed by atoms with Crippen molar-refractivity contribution >= 4 is 27.5 Å². The molecule has 0 bridgehead atoms. The summed E-state index contributed by atoms with van der Waals surface area (Å²) in [5.74, 6) is 1.94. The summed E-state index contributed by atoms with van der Waals surface area (Å²) in [7, 11) is 0. The molecule has 0 amide bonds. The van der Waals surface area contributed by atoms with Crippen LogP contribution in [0, 0.1) is 11.3 Å². The van der Waals surface area contributed by atoms with E-state index in [9.17, 15) is 0 Å². The number of benzene rings is 2.